The van der Waals surface area contributed by atoms with Crippen LogP contribution in [-0.2, 0) is 9.53 Å². The predicted octanol–water partition coefficient (Wildman–Crippen LogP) is 1.58. The molecule has 1 aromatic carbocycles. The molecule has 0 spiro atoms. The number of esters is 1. The molecule has 1 atom stereocenters. The number of piperazine rings is 1. The molecule has 6 heteroatoms. The van der Waals surface area contributed by atoms with Crippen LogP contribution in [0, 0.1) is 5.82 Å². The maximum Gasteiger partial charge on any atom is 0.325 e. The van der Waals surface area contributed by atoms with Gasteiger partial charge in [-0.15, -0.1) is 0 Å². The first kappa shape index (κ1) is 16.4. The van der Waals surface area contributed by atoms with Gasteiger partial charge in [0.1, 0.15) is 17.5 Å². The highest BCUT2D eigenvalue weighted by Crippen LogP contribution is 2.13. The van der Waals surface area contributed by atoms with Crippen LogP contribution in [0.2, 0.25) is 0 Å². The Labute approximate surface area is 129 Å². The molecule has 1 heterocycles. The van der Waals surface area contributed by atoms with Gasteiger partial charge < -0.3 is 15.0 Å². The van der Waals surface area contributed by atoms with E-state index in [-0.39, 0.29) is 24.2 Å². The Kier molecular flexibility index (Phi) is 4.81. The largest absolute Gasteiger partial charge is 0.459 e. The number of hydrogen-bond donors (Lipinski definition) is 1. The van der Waals surface area contributed by atoms with Crippen LogP contribution in [0.25, 0.3) is 0 Å². The zero-order valence-corrected chi connectivity index (χ0v) is 13.1. The number of benzene rings is 1. The van der Waals surface area contributed by atoms with Gasteiger partial charge in [-0.1, -0.05) is 0 Å². The summed E-state index contributed by atoms with van der Waals surface area (Å²) in [6.07, 6.45) is 0. The van der Waals surface area contributed by atoms with Gasteiger partial charge >= 0.3 is 5.97 Å². The Morgan fingerprint density at radius 3 is 2.50 bits per heavy atom. The van der Waals surface area contributed by atoms with Gasteiger partial charge in [-0.25, -0.2) is 4.39 Å². The Morgan fingerprint density at radius 1 is 1.27 bits per heavy atom. The highest BCUT2D eigenvalue weighted by Gasteiger charge is 2.31. The smallest absolute Gasteiger partial charge is 0.325 e. The Bertz CT molecular complexity index is 552. The number of halogens is 1. The fourth-order valence-electron chi connectivity index (χ4n) is 2.24. The monoisotopic (exact) mass is 308 g/mol. The first-order valence-electron chi connectivity index (χ1n) is 7.27. The van der Waals surface area contributed by atoms with E-state index in [0.29, 0.717) is 18.7 Å². The average Bonchev–Trinajstić information content (AvgIpc) is 2.46. The van der Waals surface area contributed by atoms with Crippen molar-refractivity contribution in [3.05, 3.63) is 35.6 Å². The fourth-order valence-corrected chi connectivity index (χ4v) is 2.24. The van der Waals surface area contributed by atoms with Crippen LogP contribution in [0.4, 0.5) is 4.39 Å². The summed E-state index contributed by atoms with van der Waals surface area (Å²) in [7, 11) is 0. The van der Waals surface area contributed by atoms with Crippen LogP contribution in [0.3, 0.4) is 0 Å². The van der Waals surface area contributed by atoms with Crippen LogP contribution in [0.15, 0.2) is 24.3 Å². The molecule has 1 aliphatic heterocycles. The number of rotatable bonds is 2. The standard InChI is InChI=1S/C16H21FN2O3/c1-16(2,3)22-15(21)13-10-19(9-8-18-13)14(20)11-4-6-12(17)7-5-11/h4-7,13,18H,8-10H2,1-3H3. The van der Waals surface area contributed by atoms with E-state index in [4.69, 9.17) is 4.74 Å². The normalized spacial score (nSPS) is 18.9. The first-order valence-corrected chi connectivity index (χ1v) is 7.27. The van der Waals surface area contributed by atoms with Crippen LogP contribution in [-0.4, -0.2) is 48.1 Å². The number of amides is 1. The molecule has 22 heavy (non-hydrogen) atoms. The second-order valence-electron chi connectivity index (χ2n) is 6.30. The number of hydrogen-bond acceptors (Lipinski definition) is 4. The molecule has 1 aromatic rings. The Hall–Kier alpha value is -1.95. The lowest BCUT2D eigenvalue weighted by Crippen LogP contribution is -2.56. The van der Waals surface area contributed by atoms with Crippen LogP contribution < -0.4 is 5.32 Å². The van der Waals surface area contributed by atoms with Gasteiger partial charge in [0, 0.05) is 25.2 Å². The lowest BCUT2D eigenvalue weighted by atomic mass is 10.1. The van der Waals surface area contributed by atoms with Crippen molar-refractivity contribution in [3.63, 3.8) is 0 Å². The average molecular weight is 308 g/mol. The molecule has 5 nitrogen and oxygen atoms in total. The van der Waals surface area contributed by atoms with Gasteiger partial charge in [0.2, 0.25) is 0 Å². The third kappa shape index (κ3) is 4.27. The number of carbonyl (C=O) groups excluding carboxylic acids is 2. The van der Waals surface area contributed by atoms with E-state index in [2.05, 4.69) is 5.32 Å². The topological polar surface area (TPSA) is 58.6 Å². The molecule has 0 aromatic heterocycles. The predicted molar refractivity (Wildman–Crippen MR) is 79.9 cm³/mol. The van der Waals surface area contributed by atoms with Crippen molar-refractivity contribution in [1.82, 2.24) is 10.2 Å². The second kappa shape index (κ2) is 6.44. The molecule has 1 unspecified atom stereocenters. The minimum atomic E-state index is -0.567. The summed E-state index contributed by atoms with van der Waals surface area (Å²) >= 11 is 0. The maximum atomic E-state index is 12.9. The van der Waals surface area contributed by atoms with Crippen LogP contribution >= 0.6 is 0 Å². The third-order valence-electron chi connectivity index (χ3n) is 3.25. The summed E-state index contributed by atoms with van der Waals surface area (Å²) < 4.78 is 18.3. The Morgan fingerprint density at radius 2 is 1.91 bits per heavy atom. The number of nitrogens with one attached hydrogen (secondary N) is 1. The summed E-state index contributed by atoms with van der Waals surface area (Å²) in [6, 6.07) is 4.85. The molecule has 2 rings (SSSR count). The zero-order chi connectivity index (χ0) is 16.3. The van der Waals surface area contributed by atoms with Crippen LogP contribution in [0.5, 0.6) is 0 Å². The number of ether oxygens (including phenoxy) is 1. The minimum absolute atomic E-state index is 0.213. The van der Waals surface area contributed by atoms with Crippen LogP contribution in [0.1, 0.15) is 31.1 Å². The molecule has 1 amide bonds. The summed E-state index contributed by atoms with van der Waals surface area (Å²) in [4.78, 5) is 26.1. The van der Waals surface area contributed by atoms with Crippen molar-refractivity contribution >= 4 is 11.9 Å². The van der Waals surface area contributed by atoms with Crippen molar-refractivity contribution in [1.29, 1.82) is 0 Å². The summed E-state index contributed by atoms with van der Waals surface area (Å²) in [5.74, 6) is -0.970. The van der Waals surface area contributed by atoms with Crippen molar-refractivity contribution in [2.75, 3.05) is 19.6 Å². The molecule has 1 saturated heterocycles. The van der Waals surface area contributed by atoms with Gasteiger partial charge in [-0.2, -0.15) is 0 Å². The molecule has 0 saturated carbocycles. The van der Waals surface area contributed by atoms with E-state index in [1.165, 1.54) is 24.3 Å². The highest BCUT2D eigenvalue weighted by atomic mass is 19.1. The molecule has 1 fully saturated rings. The van der Waals surface area contributed by atoms with Crippen molar-refractivity contribution in [2.24, 2.45) is 0 Å². The summed E-state index contributed by atoms with van der Waals surface area (Å²) in [5.41, 5.74) is -0.159. The molecule has 0 radical (unpaired) electrons. The number of carbonyl (C=O) groups is 2. The lowest BCUT2D eigenvalue weighted by molar-refractivity contribution is -0.158. The maximum absolute atomic E-state index is 12.9. The quantitative estimate of drug-likeness (QED) is 0.843. The molecule has 1 N–H and O–H groups in total. The SMILES string of the molecule is CC(C)(C)OC(=O)C1CN(C(=O)c2ccc(F)cc2)CCN1. The second-order valence-corrected chi connectivity index (χ2v) is 6.30. The highest BCUT2D eigenvalue weighted by molar-refractivity contribution is 5.94. The molecule has 1 aliphatic rings. The minimum Gasteiger partial charge on any atom is -0.459 e. The zero-order valence-electron chi connectivity index (χ0n) is 13.1. The van der Waals surface area contributed by atoms with E-state index in [0.717, 1.165) is 0 Å². The fraction of sp³-hybridized carbons (Fsp3) is 0.500. The summed E-state index contributed by atoms with van der Waals surface area (Å²) in [6.45, 7) is 6.65. The molecule has 0 aliphatic carbocycles. The van der Waals surface area contributed by atoms with E-state index >= 15 is 0 Å². The van der Waals surface area contributed by atoms with E-state index in [1.54, 1.807) is 25.7 Å². The summed E-state index contributed by atoms with van der Waals surface area (Å²) in [5, 5.41) is 3.06. The van der Waals surface area contributed by atoms with E-state index in [9.17, 15) is 14.0 Å². The molecular weight excluding hydrogens is 287 g/mol. The van der Waals surface area contributed by atoms with Gasteiger partial charge in [0.05, 0.1) is 0 Å². The lowest BCUT2D eigenvalue weighted by Gasteiger charge is -2.34. The molecule has 0 bridgehead atoms. The van der Waals surface area contributed by atoms with Gasteiger partial charge in [-0.3, -0.25) is 9.59 Å². The molecule has 120 valence electrons. The number of nitrogens with zero attached hydrogens (tertiary/aromatic N) is 1. The van der Waals surface area contributed by atoms with Crippen molar-refractivity contribution in [2.45, 2.75) is 32.4 Å². The van der Waals surface area contributed by atoms with Gasteiger partial charge in [0.15, 0.2) is 0 Å². The van der Waals surface area contributed by atoms with E-state index < -0.39 is 11.6 Å². The van der Waals surface area contributed by atoms with Crippen molar-refractivity contribution in [3.8, 4) is 0 Å². The third-order valence-corrected chi connectivity index (χ3v) is 3.25. The van der Waals surface area contributed by atoms with E-state index in [1.807, 2.05) is 0 Å². The van der Waals surface area contributed by atoms with Crippen molar-refractivity contribution < 1.29 is 18.7 Å². The van der Waals surface area contributed by atoms with Gasteiger partial charge in [0.25, 0.3) is 5.91 Å². The molecular formula is C16H21FN2O3. The van der Waals surface area contributed by atoms with Gasteiger partial charge in [-0.05, 0) is 45.0 Å². The first-order chi connectivity index (χ1) is 10.3. The Balaban J connectivity index is 2.02.